The van der Waals surface area contributed by atoms with E-state index >= 15 is 0 Å². The Kier molecular flexibility index (Phi) is 4.34. The van der Waals surface area contributed by atoms with Crippen molar-refractivity contribution < 1.29 is 4.79 Å². The lowest BCUT2D eigenvalue weighted by Gasteiger charge is -2.39. The summed E-state index contributed by atoms with van der Waals surface area (Å²) in [5, 5.41) is 0. The van der Waals surface area contributed by atoms with Crippen molar-refractivity contribution in [2.45, 2.75) is 40.0 Å². The average molecular weight is 324 g/mol. The van der Waals surface area contributed by atoms with Crippen molar-refractivity contribution in [1.29, 1.82) is 0 Å². The molecule has 0 N–H and O–H groups in total. The summed E-state index contributed by atoms with van der Waals surface area (Å²) >= 11 is 3.49. The normalized spacial score (nSPS) is 18.4. The van der Waals surface area contributed by atoms with Gasteiger partial charge in [0.2, 0.25) is 0 Å². The molecule has 1 amide bonds. The molecule has 1 aromatic rings. The van der Waals surface area contributed by atoms with Crippen molar-refractivity contribution in [3.05, 3.63) is 33.8 Å². The van der Waals surface area contributed by atoms with Gasteiger partial charge in [0.1, 0.15) is 0 Å². The molecule has 0 aromatic heterocycles. The summed E-state index contributed by atoms with van der Waals surface area (Å²) in [6.07, 6.45) is 3.42. The van der Waals surface area contributed by atoms with Crippen LogP contribution in [0.3, 0.4) is 0 Å². The van der Waals surface area contributed by atoms with E-state index in [0.717, 1.165) is 41.5 Å². The quantitative estimate of drug-likeness (QED) is 0.789. The second-order valence-corrected chi connectivity index (χ2v) is 6.79. The molecule has 1 fully saturated rings. The molecule has 1 saturated heterocycles. The van der Waals surface area contributed by atoms with Crippen molar-refractivity contribution in [2.75, 3.05) is 13.1 Å². The molecule has 1 heterocycles. The Labute approximate surface area is 124 Å². The number of halogens is 1. The zero-order chi connectivity index (χ0) is 14.0. The lowest BCUT2D eigenvalue weighted by atomic mass is 9.78. The van der Waals surface area contributed by atoms with Gasteiger partial charge in [-0.2, -0.15) is 0 Å². The number of nitrogens with zero attached hydrogens (tertiary/aromatic N) is 1. The van der Waals surface area contributed by atoms with Crippen molar-refractivity contribution in [1.82, 2.24) is 4.90 Å². The highest BCUT2D eigenvalue weighted by Crippen LogP contribution is 2.34. The number of piperidine rings is 1. The minimum absolute atomic E-state index is 0.161. The monoisotopic (exact) mass is 323 g/mol. The van der Waals surface area contributed by atoms with Crippen molar-refractivity contribution in [3.63, 3.8) is 0 Å². The second-order valence-electron chi connectivity index (χ2n) is 5.94. The van der Waals surface area contributed by atoms with Gasteiger partial charge in [-0.25, -0.2) is 0 Å². The van der Waals surface area contributed by atoms with E-state index in [9.17, 15) is 4.79 Å². The zero-order valence-corrected chi connectivity index (χ0v) is 13.6. The molecule has 0 atom stereocenters. The molecular weight excluding hydrogens is 302 g/mol. The van der Waals surface area contributed by atoms with Gasteiger partial charge >= 0.3 is 0 Å². The molecule has 2 nitrogen and oxygen atoms in total. The molecule has 104 valence electrons. The number of carbonyl (C=O) groups excluding carboxylic acids is 1. The second kappa shape index (κ2) is 5.66. The maximum absolute atomic E-state index is 12.6. The Bertz CT molecular complexity index is 476. The smallest absolute Gasteiger partial charge is 0.255 e. The van der Waals surface area contributed by atoms with Gasteiger partial charge in [0.05, 0.1) is 5.56 Å². The van der Waals surface area contributed by atoms with Gasteiger partial charge in [0.25, 0.3) is 5.91 Å². The minimum atomic E-state index is 0.161. The third-order valence-corrected chi connectivity index (χ3v) is 5.16. The van der Waals surface area contributed by atoms with E-state index in [1.165, 1.54) is 6.42 Å². The van der Waals surface area contributed by atoms with Gasteiger partial charge in [-0.05, 0) is 53.2 Å². The maximum Gasteiger partial charge on any atom is 0.255 e. The number of benzene rings is 1. The van der Waals surface area contributed by atoms with Gasteiger partial charge < -0.3 is 4.90 Å². The number of aryl methyl sites for hydroxylation is 1. The largest absolute Gasteiger partial charge is 0.339 e. The molecule has 1 aliphatic heterocycles. The van der Waals surface area contributed by atoms with E-state index in [4.69, 9.17) is 0 Å². The van der Waals surface area contributed by atoms with Crippen LogP contribution in [0.5, 0.6) is 0 Å². The SMILES string of the molecule is CCC1(C)CCN(C(=O)c2cc(C)ccc2Br)CC1. The van der Waals surface area contributed by atoms with Crippen LogP contribution in [0.15, 0.2) is 22.7 Å². The van der Waals surface area contributed by atoms with E-state index in [-0.39, 0.29) is 5.91 Å². The van der Waals surface area contributed by atoms with Crippen LogP contribution in [-0.4, -0.2) is 23.9 Å². The molecule has 0 unspecified atom stereocenters. The first-order valence-electron chi connectivity index (χ1n) is 7.00. The first kappa shape index (κ1) is 14.6. The first-order chi connectivity index (χ1) is 8.95. The highest BCUT2D eigenvalue weighted by Gasteiger charge is 2.31. The Morgan fingerprint density at radius 3 is 2.58 bits per heavy atom. The van der Waals surface area contributed by atoms with Crippen LogP contribution in [-0.2, 0) is 0 Å². The van der Waals surface area contributed by atoms with E-state index in [0.29, 0.717) is 5.41 Å². The van der Waals surface area contributed by atoms with Crippen LogP contribution in [0.4, 0.5) is 0 Å². The molecule has 0 radical (unpaired) electrons. The number of hydrogen-bond acceptors (Lipinski definition) is 1. The Morgan fingerprint density at radius 1 is 1.37 bits per heavy atom. The number of hydrogen-bond donors (Lipinski definition) is 0. The molecule has 3 heteroatoms. The molecule has 0 bridgehead atoms. The Morgan fingerprint density at radius 2 is 2.00 bits per heavy atom. The summed E-state index contributed by atoms with van der Waals surface area (Å²) in [7, 11) is 0. The maximum atomic E-state index is 12.6. The van der Waals surface area contributed by atoms with Crippen LogP contribution in [0.2, 0.25) is 0 Å². The molecule has 0 aliphatic carbocycles. The predicted octanol–water partition coefficient (Wildman–Crippen LogP) is 4.41. The molecular formula is C16H22BrNO. The molecule has 1 aromatic carbocycles. The zero-order valence-electron chi connectivity index (χ0n) is 12.0. The number of carbonyl (C=O) groups is 1. The lowest BCUT2D eigenvalue weighted by molar-refractivity contribution is 0.0599. The average Bonchev–Trinajstić information content (AvgIpc) is 2.42. The molecule has 1 aliphatic rings. The van der Waals surface area contributed by atoms with Crippen molar-refractivity contribution in [3.8, 4) is 0 Å². The Balaban J connectivity index is 2.11. The summed E-state index contributed by atoms with van der Waals surface area (Å²) in [5.41, 5.74) is 2.34. The summed E-state index contributed by atoms with van der Waals surface area (Å²) in [4.78, 5) is 14.6. The lowest BCUT2D eigenvalue weighted by Crippen LogP contribution is -2.42. The standard InChI is InChI=1S/C16H22BrNO/c1-4-16(3)7-9-18(10-8-16)15(19)13-11-12(2)5-6-14(13)17/h5-6,11H,4,7-10H2,1-3H3. The highest BCUT2D eigenvalue weighted by atomic mass is 79.9. The summed E-state index contributed by atoms with van der Waals surface area (Å²) < 4.78 is 0.895. The van der Waals surface area contributed by atoms with Gasteiger partial charge in [-0.15, -0.1) is 0 Å². The minimum Gasteiger partial charge on any atom is -0.339 e. The molecule has 2 rings (SSSR count). The van der Waals surface area contributed by atoms with Crippen molar-refractivity contribution in [2.24, 2.45) is 5.41 Å². The van der Waals surface area contributed by atoms with Crippen LogP contribution in [0.25, 0.3) is 0 Å². The van der Waals surface area contributed by atoms with Gasteiger partial charge in [-0.3, -0.25) is 4.79 Å². The summed E-state index contributed by atoms with van der Waals surface area (Å²) in [6.45, 7) is 8.35. The van der Waals surface area contributed by atoms with Crippen LogP contribution in [0.1, 0.15) is 49.0 Å². The number of rotatable bonds is 2. The third kappa shape index (κ3) is 3.19. The molecule has 0 spiro atoms. The molecule has 19 heavy (non-hydrogen) atoms. The topological polar surface area (TPSA) is 20.3 Å². The highest BCUT2D eigenvalue weighted by molar-refractivity contribution is 9.10. The predicted molar refractivity (Wildman–Crippen MR) is 82.4 cm³/mol. The fourth-order valence-corrected chi connectivity index (χ4v) is 2.99. The fraction of sp³-hybridized carbons (Fsp3) is 0.562. The molecule has 0 saturated carbocycles. The number of likely N-dealkylation sites (tertiary alicyclic amines) is 1. The third-order valence-electron chi connectivity index (χ3n) is 4.46. The van der Waals surface area contributed by atoms with E-state index in [2.05, 4.69) is 29.8 Å². The summed E-state index contributed by atoms with van der Waals surface area (Å²) in [6, 6.07) is 5.95. The first-order valence-corrected chi connectivity index (χ1v) is 7.80. The number of amides is 1. The fourth-order valence-electron chi connectivity index (χ4n) is 2.58. The Hall–Kier alpha value is -0.830. The van der Waals surface area contributed by atoms with Crippen LogP contribution >= 0.6 is 15.9 Å². The van der Waals surface area contributed by atoms with Gasteiger partial charge in [0.15, 0.2) is 0 Å². The van der Waals surface area contributed by atoms with Gasteiger partial charge in [-0.1, -0.05) is 31.9 Å². The van der Waals surface area contributed by atoms with Gasteiger partial charge in [0, 0.05) is 17.6 Å². The van der Waals surface area contributed by atoms with Crippen LogP contribution < -0.4 is 0 Å². The van der Waals surface area contributed by atoms with Crippen molar-refractivity contribution >= 4 is 21.8 Å². The van der Waals surface area contributed by atoms with E-state index < -0.39 is 0 Å². The summed E-state index contributed by atoms with van der Waals surface area (Å²) in [5.74, 6) is 0.161. The van der Waals surface area contributed by atoms with E-state index in [1.807, 2.05) is 30.0 Å². The van der Waals surface area contributed by atoms with E-state index in [1.54, 1.807) is 0 Å². The van der Waals surface area contributed by atoms with Crippen LogP contribution in [0, 0.1) is 12.3 Å².